The van der Waals surface area contributed by atoms with Crippen LogP contribution in [-0.4, -0.2) is 0 Å². The molecule has 0 radical (unpaired) electrons. The molecule has 0 aliphatic rings. The van der Waals surface area contributed by atoms with E-state index in [4.69, 9.17) is 0 Å². The minimum Gasteiger partial charge on any atom is -0.0620 e. The van der Waals surface area contributed by atoms with E-state index in [0.29, 0.717) is 0 Å². The molecule has 0 aliphatic carbocycles. The summed E-state index contributed by atoms with van der Waals surface area (Å²) in [6.07, 6.45) is 0. The Morgan fingerprint density at radius 3 is 0.792 bits per heavy atom. The van der Waals surface area contributed by atoms with Crippen molar-refractivity contribution < 1.29 is 0 Å². The summed E-state index contributed by atoms with van der Waals surface area (Å²) < 4.78 is 0. The van der Waals surface area contributed by atoms with Crippen molar-refractivity contribution in [2.75, 3.05) is 0 Å². The summed E-state index contributed by atoms with van der Waals surface area (Å²) in [5.74, 6) is 0. The Labute approximate surface area is 613 Å². The summed E-state index contributed by atoms with van der Waals surface area (Å²) >= 11 is 0. The molecule has 0 saturated heterocycles. The molecular weight excluding hydrogens is 1210 g/mol. The summed E-state index contributed by atoms with van der Waals surface area (Å²) in [7, 11) is 0. The van der Waals surface area contributed by atoms with Crippen molar-refractivity contribution in [2.24, 2.45) is 0 Å². The first kappa shape index (κ1) is 82.1. The van der Waals surface area contributed by atoms with E-state index >= 15 is 0 Å². The second-order valence-corrected chi connectivity index (χ2v) is 28.4. The summed E-state index contributed by atoms with van der Waals surface area (Å²) in [5.41, 5.74) is 42.6. The molecule has 524 valence electrons. The lowest BCUT2D eigenvalue weighted by Crippen LogP contribution is -1.98. The van der Waals surface area contributed by atoms with E-state index in [0.717, 1.165) is 0 Å². The molecule has 0 heterocycles. The zero-order chi connectivity index (χ0) is 74.8. The molecule has 0 nitrogen and oxygen atoms in total. The van der Waals surface area contributed by atoms with Crippen LogP contribution in [0.1, 0.15) is 150 Å². The van der Waals surface area contributed by atoms with Crippen LogP contribution in [0.25, 0.3) is 43.8 Å². The third-order valence-electron chi connectivity index (χ3n) is 20.1. The van der Waals surface area contributed by atoms with Crippen molar-refractivity contribution >= 4 is 21.5 Å². The average Bonchev–Trinajstić information content (AvgIpc) is 0.802. The van der Waals surface area contributed by atoms with Gasteiger partial charge in [0.05, 0.1) is 0 Å². The monoisotopic (exact) mass is 1330 g/mol. The van der Waals surface area contributed by atoms with Crippen molar-refractivity contribution in [2.45, 2.75) is 187 Å². The molecule has 0 heteroatoms. The van der Waals surface area contributed by atoms with Gasteiger partial charge in [0.15, 0.2) is 0 Å². The topological polar surface area (TPSA) is 0 Å². The molecule has 101 heavy (non-hydrogen) atoms. The molecule has 0 unspecified atom stereocenters. The SMILES string of the molecule is Cc1c(C)c(C)c(C)c(C)c1C.Cc1cc(C)c(C)c(C)c1.Cc1cc(C)c(C)c(C)c1C.Cc1ccc(-c2ccc(C)cc2)cc1.Cc1ccc(-c2ccccc2C)cc1.Cc1ccc(C)cc1.Cc1ccc2cccc(C)c2c1.Cc1cccc(C)c1.Cc1cccc2c(C)cccc12. The molecule has 0 bridgehead atoms. The van der Waals surface area contributed by atoms with Gasteiger partial charge in [-0.1, -0.05) is 287 Å². The number of hydrogen-bond acceptors (Lipinski definition) is 0. The van der Waals surface area contributed by atoms with Gasteiger partial charge in [-0.05, 0) is 331 Å². The Balaban J connectivity index is 0.000000206. The summed E-state index contributed by atoms with van der Waals surface area (Å²) in [6, 6.07) is 83.9. The summed E-state index contributed by atoms with van der Waals surface area (Å²) in [5, 5.41) is 5.45. The minimum atomic E-state index is 1.29. The zero-order valence-corrected chi connectivity index (χ0v) is 67.0. The van der Waals surface area contributed by atoms with Gasteiger partial charge >= 0.3 is 0 Å². The molecule has 0 saturated carbocycles. The maximum atomic E-state index is 2.26. The van der Waals surface area contributed by atoms with Crippen LogP contribution < -0.4 is 0 Å². The molecule has 0 fully saturated rings. The molecule has 13 aromatic rings. The van der Waals surface area contributed by atoms with Crippen LogP contribution in [0.15, 0.2) is 237 Å². The van der Waals surface area contributed by atoms with E-state index in [1.54, 1.807) is 0 Å². The number of aryl methyl sites for hydroxylation is 17. The lowest BCUT2D eigenvalue weighted by molar-refractivity contribution is 1.13. The third kappa shape index (κ3) is 25.5. The van der Waals surface area contributed by atoms with E-state index in [1.807, 2.05) is 0 Å². The third-order valence-corrected chi connectivity index (χ3v) is 20.1. The molecule has 0 aromatic heterocycles. The quantitative estimate of drug-likeness (QED) is 0.162. The number of benzene rings is 13. The Bertz CT molecular complexity index is 4460. The van der Waals surface area contributed by atoms with Gasteiger partial charge in [-0.3, -0.25) is 0 Å². The fraction of sp³-hybridized carbons (Fsp3) is 0.267. The predicted octanol–water partition coefficient (Wildman–Crippen LogP) is 29.1. The Hall–Kier alpha value is -9.62. The maximum Gasteiger partial charge on any atom is -0.0152 e. The first-order valence-corrected chi connectivity index (χ1v) is 36.1. The highest BCUT2D eigenvalue weighted by Gasteiger charge is 2.09. The zero-order valence-electron chi connectivity index (χ0n) is 67.0. The maximum absolute atomic E-state index is 2.26. The van der Waals surface area contributed by atoms with Crippen LogP contribution in [0.2, 0.25) is 0 Å². The van der Waals surface area contributed by atoms with Crippen LogP contribution in [-0.2, 0) is 0 Å². The van der Waals surface area contributed by atoms with Gasteiger partial charge in [-0.15, -0.1) is 0 Å². The van der Waals surface area contributed by atoms with Crippen LogP contribution in [0.5, 0.6) is 0 Å². The van der Waals surface area contributed by atoms with Crippen molar-refractivity contribution in [1.82, 2.24) is 0 Å². The van der Waals surface area contributed by atoms with Gasteiger partial charge in [-0.25, -0.2) is 0 Å². The number of hydrogen-bond donors (Lipinski definition) is 0. The number of fused-ring (bicyclic) bond motifs is 2. The van der Waals surface area contributed by atoms with E-state index < -0.39 is 0 Å². The Kier molecular flexibility index (Phi) is 32.5. The van der Waals surface area contributed by atoms with Crippen molar-refractivity contribution in [1.29, 1.82) is 0 Å². The van der Waals surface area contributed by atoms with Gasteiger partial charge in [0.1, 0.15) is 0 Å². The summed E-state index contributed by atoms with van der Waals surface area (Å²) in [6.45, 7) is 58.3. The molecule has 0 N–H and O–H groups in total. The van der Waals surface area contributed by atoms with Gasteiger partial charge in [0.2, 0.25) is 0 Å². The predicted molar refractivity (Wildman–Crippen MR) is 452 cm³/mol. The fourth-order valence-corrected chi connectivity index (χ4v) is 12.1. The first-order chi connectivity index (χ1) is 47.8. The normalized spacial score (nSPS) is 10.1. The van der Waals surface area contributed by atoms with E-state index in [9.17, 15) is 0 Å². The number of rotatable bonds is 2. The van der Waals surface area contributed by atoms with Crippen LogP contribution in [0.4, 0.5) is 0 Å². The highest BCUT2D eigenvalue weighted by molar-refractivity contribution is 5.88. The van der Waals surface area contributed by atoms with E-state index in [2.05, 4.69) is 424 Å². The lowest BCUT2D eigenvalue weighted by atomic mass is 9.90. The molecule has 0 amide bonds. The first-order valence-electron chi connectivity index (χ1n) is 36.1. The standard InChI is InChI=1S/2C14H14.2C12H12.C12H18.C11H16.C10H14.2C8H10/c1-11-3-7-13(8-4-11)14-9-5-12(2)6-10-14;1-11-7-9-13(10-8-11)14-6-4-3-5-12(14)2;1-9-5-3-8-12-10(2)6-4-7-11(9)12;1-9-6-7-11-5-3-4-10(2)12(11)8-9;1-7-8(2)10(4)12(6)11(5)9(7)3;1-7-6-8(2)10(4)11(5)9(7)3;1-7-5-8(2)10(4)9(3)6-7;1-7-3-5-8(2)6-4-7;1-7-4-3-5-8(2)6-7/h2*3-10H,1-2H3;2*3-8H,1-2H3;1-6H3;6H,1-5H3;5-6H,1-4H3;2*3-6H,1-2H3. The smallest absolute Gasteiger partial charge is 0.0152 e. The molecule has 0 aliphatic heterocycles. The second kappa shape index (κ2) is 40.0. The Morgan fingerprint density at radius 2 is 0.426 bits per heavy atom. The lowest BCUT2D eigenvalue weighted by Gasteiger charge is -2.15. The van der Waals surface area contributed by atoms with Gasteiger partial charge in [0, 0.05) is 0 Å². The molecule has 0 spiro atoms. The van der Waals surface area contributed by atoms with Crippen LogP contribution in [0, 0.1) is 187 Å². The highest BCUT2D eigenvalue weighted by Crippen LogP contribution is 2.27. The van der Waals surface area contributed by atoms with Crippen LogP contribution >= 0.6 is 0 Å². The van der Waals surface area contributed by atoms with E-state index in [1.165, 1.54) is 194 Å². The Morgan fingerprint density at radius 1 is 0.139 bits per heavy atom. The molecular formula is C101H120. The summed E-state index contributed by atoms with van der Waals surface area (Å²) in [4.78, 5) is 0. The average molecular weight is 1330 g/mol. The van der Waals surface area contributed by atoms with E-state index in [-0.39, 0.29) is 0 Å². The fourth-order valence-electron chi connectivity index (χ4n) is 12.1. The van der Waals surface area contributed by atoms with Crippen LogP contribution in [0.3, 0.4) is 0 Å². The second-order valence-electron chi connectivity index (χ2n) is 28.4. The molecule has 0 atom stereocenters. The largest absolute Gasteiger partial charge is 0.0620 e. The van der Waals surface area contributed by atoms with Crippen molar-refractivity contribution in [3.63, 3.8) is 0 Å². The highest BCUT2D eigenvalue weighted by atomic mass is 14.1. The van der Waals surface area contributed by atoms with Gasteiger partial charge < -0.3 is 0 Å². The molecule has 13 aromatic carbocycles. The van der Waals surface area contributed by atoms with Crippen molar-refractivity contribution in [3.05, 3.63) is 387 Å². The van der Waals surface area contributed by atoms with Gasteiger partial charge in [-0.2, -0.15) is 0 Å². The van der Waals surface area contributed by atoms with Crippen molar-refractivity contribution in [3.8, 4) is 22.3 Å². The van der Waals surface area contributed by atoms with Gasteiger partial charge in [0.25, 0.3) is 0 Å². The minimum absolute atomic E-state index is 1.29. The molecule has 13 rings (SSSR count).